The Morgan fingerprint density at radius 1 is 1.15 bits per heavy atom. The van der Waals surface area contributed by atoms with Gasteiger partial charge < -0.3 is 10.2 Å². The van der Waals surface area contributed by atoms with Crippen LogP contribution in [-0.2, 0) is 16.3 Å². The fourth-order valence-corrected chi connectivity index (χ4v) is 6.02. The number of sulfone groups is 1. The van der Waals surface area contributed by atoms with Crippen LogP contribution in [0.3, 0.4) is 0 Å². The zero-order valence-corrected chi connectivity index (χ0v) is 16.6. The summed E-state index contributed by atoms with van der Waals surface area (Å²) in [5.74, 6) is -0.305. The summed E-state index contributed by atoms with van der Waals surface area (Å²) in [6.45, 7) is 4.14. The number of phenolic OH excluding ortho intramolecular Hbond substituents is 2. The average Bonchev–Trinajstić information content (AvgIpc) is 3.40. The zero-order chi connectivity index (χ0) is 18.9. The van der Waals surface area contributed by atoms with Gasteiger partial charge in [0.1, 0.15) is 16.4 Å². The summed E-state index contributed by atoms with van der Waals surface area (Å²) in [7, 11) is -3.54. The summed E-state index contributed by atoms with van der Waals surface area (Å²) in [5, 5.41) is 21.2. The predicted molar refractivity (Wildman–Crippen MR) is 104 cm³/mol. The van der Waals surface area contributed by atoms with Gasteiger partial charge in [0.25, 0.3) is 0 Å². The molecule has 0 radical (unpaired) electrons. The molecule has 0 bridgehead atoms. The number of unbranched alkanes of at least 4 members (excludes halogenated alkanes) is 2. The van der Waals surface area contributed by atoms with Gasteiger partial charge in [-0.2, -0.15) is 0 Å². The van der Waals surface area contributed by atoms with Gasteiger partial charge in [-0.05, 0) is 63.5 Å². The quantitative estimate of drug-likeness (QED) is 0.518. The molecule has 1 aromatic carbocycles. The van der Waals surface area contributed by atoms with Crippen molar-refractivity contribution in [3.05, 3.63) is 28.8 Å². The van der Waals surface area contributed by atoms with Crippen molar-refractivity contribution >= 4 is 9.84 Å². The Balaban J connectivity index is 2.11. The molecule has 5 heteroatoms. The van der Waals surface area contributed by atoms with Crippen LogP contribution in [0.15, 0.2) is 22.6 Å². The molecule has 0 spiro atoms. The van der Waals surface area contributed by atoms with Gasteiger partial charge in [-0.1, -0.05) is 31.4 Å². The molecule has 1 fully saturated rings. The van der Waals surface area contributed by atoms with Crippen molar-refractivity contribution in [2.24, 2.45) is 0 Å². The second-order valence-corrected chi connectivity index (χ2v) is 10.0. The molecular formula is C21H30O4S. The van der Waals surface area contributed by atoms with Crippen molar-refractivity contribution in [1.82, 2.24) is 0 Å². The van der Waals surface area contributed by atoms with E-state index in [0.29, 0.717) is 30.4 Å². The maximum Gasteiger partial charge on any atom is 0.185 e. The fourth-order valence-electron chi connectivity index (χ4n) is 4.02. The van der Waals surface area contributed by atoms with E-state index in [9.17, 15) is 18.6 Å². The van der Waals surface area contributed by atoms with Gasteiger partial charge in [-0.3, -0.25) is 0 Å². The highest BCUT2D eigenvalue weighted by molar-refractivity contribution is 7.92. The van der Waals surface area contributed by atoms with Gasteiger partial charge in [-0.15, -0.1) is 0 Å². The maximum atomic E-state index is 13.0. The highest BCUT2D eigenvalue weighted by Crippen LogP contribution is 2.48. The third kappa shape index (κ3) is 3.78. The van der Waals surface area contributed by atoms with Crippen molar-refractivity contribution in [3.63, 3.8) is 0 Å². The Kier molecular flexibility index (Phi) is 5.66. The average molecular weight is 379 g/mol. The second kappa shape index (κ2) is 7.63. The van der Waals surface area contributed by atoms with Gasteiger partial charge in [-0.25, -0.2) is 8.42 Å². The van der Waals surface area contributed by atoms with Crippen molar-refractivity contribution in [1.29, 1.82) is 0 Å². The Morgan fingerprint density at radius 3 is 2.50 bits per heavy atom. The van der Waals surface area contributed by atoms with Crippen LogP contribution in [-0.4, -0.2) is 23.9 Å². The number of hydrogen-bond acceptors (Lipinski definition) is 4. The van der Waals surface area contributed by atoms with E-state index in [2.05, 4.69) is 13.0 Å². The van der Waals surface area contributed by atoms with Crippen LogP contribution in [0.5, 0.6) is 11.5 Å². The van der Waals surface area contributed by atoms with Gasteiger partial charge in [0.15, 0.2) is 9.84 Å². The minimum absolute atomic E-state index is 0.0275. The highest BCUT2D eigenvalue weighted by atomic mass is 32.2. The molecule has 0 aromatic heterocycles. The first kappa shape index (κ1) is 19.3. The van der Waals surface area contributed by atoms with Crippen LogP contribution in [0.25, 0.3) is 0 Å². The molecule has 3 rings (SSSR count). The van der Waals surface area contributed by atoms with E-state index < -0.39 is 9.84 Å². The third-order valence-electron chi connectivity index (χ3n) is 5.59. The lowest BCUT2D eigenvalue weighted by Gasteiger charge is -2.24. The lowest BCUT2D eigenvalue weighted by molar-refractivity contribution is 0.416. The number of allylic oxidation sites excluding steroid dienone is 2. The molecule has 0 aliphatic heterocycles. The monoisotopic (exact) mass is 378 g/mol. The molecule has 2 aliphatic rings. The molecule has 4 nitrogen and oxygen atoms in total. The Hall–Kier alpha value is -1.49. The SMILES string of the molecule is CCCCCc1cc(O)c(C2C=C(C)CCC2)c(O)c1S(=O)(=O)C1CC1. The molecule has 26 heavy (non-hydrogen) atoms. The van der Waals surface area contributed by atoms with E-state index in [-0.39, 0.29) is 27.6 Å². The van der Waals surface area contributed by atoms with Gasteiger partial charge in [0.05, 0.1) is 5.25 Å². The summed E-state index contributed by atoms with van der Waals surface area (Å²) < 4.78 is 26.0. The topological polar surface area (TPSA) is 74.6 Å². The summed E-state index contributed by atoms with van der Waals surface area (Å²) >= 11 is 0. The van der Waals surface area contributed by atoms with Crippen LogP contribution < -0.4 is 0 Å². The molecule has 1 atom stereocenters. The van der Waals surface area contributed by atoms with Crippen LogP contribution in [0.2, 0.25) is 0 Å². The number of benzene rings is 1. The number of rotatable bonds is 7. The maximum absolute atomic E-state index is 13.0. The molecule has 0 saturated heterocycles. The first-order chi connectivity index (χ1) is 12.4. The molecule has 144 valence electrons. The number of aryl methyl sites for hydroxylation is 1. The van der Waals surface area contributed by atoms with Gasteiger partial charge >= 0.3 is 0 Å². The van der Waals surface area contributed by atoms with Crippen molar-refractivity contribution in [2.75, 3.05) is 0 Å². The first-order valence-electron chi connectivity index (χ1n) is 9.85. The third-order valence-corrected chi connectivity index (χ3v) is 7.96. The molecule has 1 unspecified atom stereocenters. The fraction of sp³-hybridized carbons (Fsp3) is 0.619. The van der Waals surface area contributed by atoms with Crippen LogP contribution in [0.4, 0.5) is 0 Å². The Bertz CT molecular complexity index is 804. The van der Waals surface area contributed by atoms with Crippen LogP contribution >= 0.6 is 0 Å². The van der Waals surface area contributed by atoms with E-state index in [1.807, 2.05) is 6.92 Å². The van der Waals surface area contributed by atoms with Crippen LogP contribution in [0.1, 0.15) is 82.3 Å². The van der Waals surface area contributed by atoms with Gasteiger partial charge in [0, 0.05) is 11.5 Å². The second-order valence-electron chi connectivity index (χ2n) is 7.86. The van der Waals surface area contributed by atoms with E-state index in [1.165, 1.54) is 5.57 Å². The van der Waals surface area contributed by atoms with Gasteiger partial charge in [0.2, 0.25) is 0 Å². The van der Waals surface area contributed by atoms with E-state index in [0.717, 1.165) is 38.5 Å². The molecule has 0 heterocycles. The molecular weight excluding hydrogens is 348 g/mol. The first-order valence-corrected chi connectivity index (χ1v) is 11.4. The van der Waals surface area contributed by atoms with E-state index >= 15 is 0 Å². The predicted octanol–water partition coefficient (Wildman–Crippen LogP) is 4.98. The summed E-state index contributed by atoms with van der Waals surface area (Å²) in [6, 6.07) is 1.59. The zero-order valence-electron chi connectivity index (χ0n) is 15.8. The molecule has 1 aromatic rings. The largest absolute Gasteiger partial charge is 0.507 e. The summed E-state index contributed by atoms with van der Waals surface area (Å²) in [4.78, 5) is 0.0838. The molecule has 2 N–H and O–H groups in total. The van der Waals surface area contributed by atoms with E-state index in [4.69, 9.17) is 0 Å². The summed E-state index contributed by atoms with van der Waals surface area (Å²) in [6.07, 6.45) is 9.64. The Morgan fingerprint density at radius 2 is 1.88 bits per heavy atom. The van der Waals surface area contributed by atoms with Crippen molar-refractivity contribution < 1.29 is 18.6 Å². The number of phenols is 2. The molecule has 1 saturated carbocycles. The van der Waals surface area contributed by atoms with Crippen molar-refractivity contribution in [3.8, 4) is 11.5 Å². The molecule has 2 aliphatic carbocycles. The molecule has 0 amide bonds. The number of aromatic hydroxyl groups is 2. The smallest absolute Gasteiger partial charge is 0.185 e. The minimum atomic E-state index is -3.54. The highest BCUT2D eigenvalue weighted by Gasteiger charge is 2.41. The number of hydrogen-bond donors (Lipinski definition) is 2. The lowest BCUT2D eigenvalue weighted by atomic mass is 9.84. The van der Waals surface area contributed by atoms with Crippen molar-refractivity contribution in [2.45, 2.75) is 87.7 Å². The Labute approximate surface area is 156 Å². The minimum Gasteiger partial charge on any atom is -0.507 e. The van der Waals surface area contributed by atoms with Crippen LogP contribution in [0, 0.1) is 0 Å². The normalized spacial score (nSPS) is 20.8. The lowest BCUT2D eigenvalue weighted by Crippen LogP contribution is -2.13. The summed E-state index contributed by atoms with van der Waals surface area (Å²) in [5.41, 5.74) is 2.18. The standard InChI is InChI=1S/C21H30O4S/c1-3-4-5-8-16-13-18(22)19(15-9-6-7-14(2)12-15)20(23)21(16)26(24,25)17-10-11-17/h12-13,15,17,22-23H,3-11H2,1-2H3. The van der Waals surface area contributed by atoms with E-state index in [1.54, 1.807) is 6.07 Å².